The Labute approximate surface area is 226 Å². The maximum Gasteiger partial charge on any atom is 0.426 e. The number of carboxylic acids is 1. The number of alkyl halides is 4. The van der Waals surface area contributed by atoms with Gasteiger partial charge in [0, 0.05) is 23.6 Å². The van der Waals surface area contributed by atoms with E-state index in [1.165, 1.54) is 30.3 Å². The van der Waals surface area contributed by atoms with Crippen LogP contribution in [0.15, 0.2) is 60.7 Å². The van der Waals surface area contributed by atoms with Gasteiger partial charge in [-0.2, -0.15) is 13.2 Å². The number of hydrogen-bond acceptors (Lipinski definition) is 3. The minimum absolute atomic E-state index is 0.0762. The number of fused-ring (bicyclic) bond motifs is 3. The number of aromatic carboxylic acids is 1. The van der Waals surface area contributed by atoms with Crippen LogP contribution in [0, 0.1) is 5.82 Å². The number of hydrogen-bond donors (Lipinski definition) is 2. The van der Waals surface area contributed by atoms with Gasteiger partial charge in [0.05, 0.1) is 0 Å². The van der Waals surface area contributed by atoms with E-state index in [9.17, 15) is 41.8 Å². The topological polar surface area (TPSA) is 77.8 Å². The van der Waals surface area contributed by atoms with Gasteiger partial charge in [0.1, 0.15) is 17.1 Å². The number of rotatable bonds is 5. The first-order valence-electron chi connectivity index (χ1n) is 12.8. The standard InChI is InChI=1S/C30H26F5NO4/c1-28(32,30(33,34)35)20-6-9-23-18(14-20)5-11-25-29(23,16-17-2-7-21(31)8-3-17)12-13-36(25)26(38)19-4-10-24(37)22(15-19)27(39)40/h2-4,6-10,14-15,25,37H,5,11-13,16H2,1H3,(H,39,40)/t25-,28?,29-/m1/s1. The van der Waals surface area contributed by atoms with Crippen molar-refractivity contribution in [2.75, 3.05) is 6.54 Å². The molecule has 1 fully saturated rings. The monoisotopic (exact) mass is 559 g/mol. The molecule has 0 radical (unpaired) electrons. The van der Waals surface area contributed by atoms with Gasteiger partial charge in [0.2, 0.25) is 5.67 Å². The van der Waals surface area contributed by atoms with Crippen molar-refractivity contribution in [3.05, 3.63) is 99.9 Å². The highest BCUT2D eigenvalue weighted by Crippen LogP contribution is 2.51. The first-order valence-corrected chi connectivity index (χ1v) is 12.8. The molecule has 1 amide bonds. The van der Waals surface area contributed by atoms with Gasteiger partial charge in [-0.3, -0.25) is 4.79 Å². The van der Waals surface area contributed by atoms with E-state index in [2.05, 4.69) is 0 Å². The van der Waals surface area contributed by atoms with Crippen LogP contribution in [0.2, 0.25) is 0 Å². The number of halogens is 5. The molecule has 0 saturated carbocycles. The first-order chi connectivity index (χ1) is 18.7. The SMILES string of the molecule is CC(F)(c1ccc2c(c1)CC[C@H]1N(C(=O)c3ccc(O)c(C(=O)O)c3)CC[C@@]21Cc1ccc(F)cc1)C(F)(F)F. The molecule has 1 aliphatic carbocycles. The molecular weight excluding hydrogens is 533 g/mol. The number of likely N-dealkylation sites (tertiary alicyclic amines) is 1. The molecule has 3 aromatic carbocycles. The zero-order valence-corrected chi connectivity index (χ0v) is 21.4. The van der Waals surface area contributed by atoms with E-state index in [1.54, 1.807) is 17.0 Å². The summed E-state index contributed by atoms with van der Waals surface area (Å²) in [6, 6.07) is 13.0. The zero-order valence-electron chi connectivity index (χ0n) is 21.4. The number of nitrogens with zero attached hydrogens (tertiary/aromatic N) is 1. The highest BCUT2D eigenvalue weighted by Gasteiger charge is 2.55. The average Bonchev–Trinajstić information content (AvgIpc) is 3.28. The van der Waals surface area contributed by atoms with Crippen LogP contribution < -0.4 is 0 Å². The van der Waals surface area contributed by atoms with Crippen molar-refractivity contribution < 1.29 is 41.8 Å². The van der Waals surface area contributed by atoms with Crippen LogP contribution in [-0.4, -0.2) is 45.8 Å². The summed E-state index contributed by atoms with van der Waals surface area (Å²) in [5.41, 5.74) is -3.08. The van der Waals surface area contributed by atoms with Crippen LogP contribution in [0.1, 0.15) is 62.7 Å². The van der Waals surface area contributed by atoms with E-state index in [0.29, 0.717) is 43.7 Å². The first kappa shape index (κ1) is 27.6. The lowest BCUT2D eigenvalue weighted by molar-refractivity contribution is -0.228. The van der Waals surface area contributed by atoms with Crippen LogP contribution in [0.4, 0.5) is 22.0 Å². The summed E-state index contributed by atoms with van der Waals surface area (Å²) >= 11 is 0. The lowest BCUT2D eigenvalue weighted by Gasteiger charge is -2.44. The van der Waals surface area contributed by atoms with Crippen molar-refractivity contribution in [1.82, 2.24) is 4.90 Å². The molecule has 3 aromatic rings. The number of amides is 1. The van der Waals surface area contributed by atoms with Crippen LogP contribution in [-0.2, 0) is 23.9 Å². The molecule has 5 rings (SSSR count). The Hall–Kier alpha value is -3.95. The molecule has 1 heterocycles. The Morgan fingerprint density at radius 2 is 1.73 bits per heavy atom. The average molecular weight is 560 g/mol. The van der Waals surface area contributed by atoms with Gasteiger partial charge in [-0.1, -0.05) is 30.3 Å². The van der Waals surface area contributed by atoms with Gasteiger partial charge in [-0.05, 0) is 85.2 Å². The second kappa shape index (κ2) is 9.60. The summed E-state index contributed by atoms with van der Waals surface area (Å²) in [6.07, 6.45) is -3.63. The minimum Gasteiger partial charge on any atom is -0.507 e. The molecule has 0 bridgehead atoms. The van der Waals surface area contributed by atoms with E-state index in [-0.39, 0.29) is 12.1 Å². The lowest BCUT2D eigenvalue weighted by atomic mass is 9.63. The van der Waals surface area contributed by atoms with E-state index >= 15 is 0 Å². The summed E-state index contributed by atoms with van der Waals surface area (Å²) < 4.78 is 68.9. The summed E-state index contributed by atoms with van der Waals surface area (Å²) in [5.74, 6) is -2.73. The van der Waals surface area contributed by atoms with Gasteiger partial charge in [-0.25, -0.2) is 13.6 Å². The number of carboxylic acid groups (broad SMARTS) is 1. The Bertz CT molecular complexity index is 1480. The van der Waals surface area contributed by atoms with Crippen LogP contribution in [0.5, 0.6) is 5.75 Å². The number of aryl methyl sites for hydroxylation is 1. The van der Waals surface area contributed by atoms with Crippen molar-refractivity contribution in [1.29, 1.82) is 0 Å². The van der Waals surface area contributed by atoms with Gasteiger partial charge < -0.3 is 15.1 Å². The van der Waals surface area contributed by atoms with Gasteiger partial charge in [0.25, 0.3) is 5.91 Å². The Morgan fingerprint density at radius 3 is 2.38 bits per heavy atom. The zero-order chi connectivity index (χ0) is 29.0. The third-order valence-corrected chi connectivity index (χ3v) is 8.38. The predicted octanol–water partition coefficient (Wildman–Crippen LogP) is 6.32. The van der Waals surface area contributed by atoms with Gasteiger partial charge >= 0.3 is 12.1 Å². The summed E-state index contributed by atoms with van der Waals surface area (Å²) in [6.45, 7) is 0.770. The van der Waals surface area contributed by atoms with Gasteiger partial charge in [0.15, 0.2) is 0 Å². The van der Waals surface area contributed by atoms with Crippen molar-refractivity contribution in [2.45, 2.75) is 55.9 Å². The summed E-state index contributed by atoms with van der Waals surface area (Å²) in [7, 11) is 0. The maximum absolute atomic E-state index is 14.8. The molecule has 0 spiro atoms. The quantitative estimate of drug-likeness (QED) is 0.359. The molecular formula is C30H26F5NO4. The Balaban J connectivity index is 1.58. The smallest absolute Gasteiger partial charge is 0.426 e. The second-order valence-corrected chi connectivity index (χ2v) is 10.7. The molecule has 0 aromatic heterocycles. The molecule has 210 valence electrons. The molecule has 2 aliphatic rings. The minimum atomic E-state index is -5.10. The highest BCUT2D eigenvalue weighted by atomic mass is 19.4. The predicted molar refractivity (Wildman–Crippen MR) is 136 cm³/mol. The number of aromatic hydroxyl groups is 1. The molecule has 5 nitrogen and oxygen atoms in total. The molecule has 1 aliphatic heterocycles. The number of carbonyl (C=O) groups is 2. The Morgan fingerprint density at radius 1 is 1.02 bits per heavy atom. The number of benzene rings is 3. The highest BCUT2D eigenvalue weighted by molar-refractivity contribution is 5.99. The fraction of sp³-hybridized carbons (Fsp3) is 0.333. The fourth-order valence-electron chi connectivity index (χ4n) is 6.24. The van der Waals surface area contributed by atoms with E-state index in [1.807, 2.05) is 0 Å². The van der Waals surface area contributed by atoms with Crippen molar-refractivity contribution in [3.63, 3.8) is 0 Å². The van der Waals surface area contributed by atoms with Crippen LogP contribution in [0.25, 0.3) is 0 Å². The van der Waals surface area contributed by atoms with Crippen LogP contribution >= 0.6 is 0 Å². The summed E-state index contributed by atoms with van der Waals surface area (Å²) in [5, 5.41) is 19.3. The van der Waals surface area contributed by atoms with Crippen molar-refractivity contribution >= 4 is 11.9 Å². The van der Waals surface area contributed by atoms with Crippen molar-refractivity contribution in [3.8, 4) is 5.75 Å². The summed E-state index contributed by atoms with van der Waals surface area (Å²) in [4.78, 5) is 26.8. The molecule has 1 unspecified atom stereocenters. The maximum atomic E-state index is 14.8. The third-order valence-electron chi connectivity index (χ3n) is 8.38. The van der Waals surface area contributed by atoms with E-state index < -0.39 is 57.9 Å². The number of carbonyl (C=O) groups excluding carboxylic acids is 1. The van der Waals surface area contributed by atoms with Gasteiger partial charge in [-0.15, -0.1) is 0 Å². The fourth-order valence-corrected chi connectivity index (χ4v) is 6.24. The molecule has 10 heteroatoms. The number of phenols is 1. The molecule has 1 saturated heterocycles. The van der Waals surface area contributed by atoms with Crippen molar-refractivity contribution in [2.24, 2.45) is 0 Å². The Kier molecular flexibility index (Phi) is 6.63. The van der Waals surface area contributed by atoms with Crippen LogP contribution in [0.3, 0.4) is 0 Å². The molecule has 2 N–H and O–H groups in total. The molecule has 40 heavy (non-hydrogen) atoms. The largest absolute Gasteiger partial charge is 0.507 e. The normalized spacial score (nSPS) is 21.9. The van der Waals surface area contributed by atoms with E-state index in [0.717, 1.165) is 23.8 Å². The van der Waals surface area contributed by atoms with E-state index in [4.69, 9.17) is 0 Å². The third kappa shape index (κ3) is 4.49. The molecule has 3 atom stereocenters. The lowest BCUT2D eigenvalue weighted by Crippen LogP contribution is -2.49. The second-order valence-electron chi connectivity index (χ2n) is 10.7.